The van der Waals surface area contributed by atoms with Crippen molar-refractivity contribution in [2.45, 2.75) is 18.8 Å². The molecule has 0 spiro atoms. The van der Waals surface area contributed by atoms with Crippen LogP contribution < -0.4 is 10.2 Å². The van der Waals surface area contributed by atoms with Gasteiger partial charge in [0.25, 0.3) is 5.91 Å². The standard InChI is InChI=1S/C20H19F2N5O3S/c21-20(22)30-14-8-26(9-14)12-1-2-17-16(5-12)15(3-4-24-17)19(29)25-7-18(28)27-11-31-10-13(27)6-23/h1-5,13-14,20H,7-11H2,(H,25,29). The molecule has 2 aliphatic rings. The van der Waals surface area contributed by atoms with Gasteiger partial charge in [0.2, 0.25) is 5.91 Å². The van der Waals surface area contributed by atoms with Crippen LogP contribution in [0.2, 0.25) is 0 Å². The second kappa shape index (κ2) is 9.03. The molecule has 31 heavy (non-hydrogen) atoms. The van der Waals surface area contributed by atoms with Crippen LogP contribution in [0.25, 0.3) is 10.9 Å². The van der Waals surface area contributed by atoms with E-state index in [1.54, 1.807) is 18.2 Å². The fourth-order valence-corrected chi connectivity index (χ4v) is 4.66. The molecular weight excluding hydrogens is 428 g/mol. The summed E-state index contributed by atoms with van der Waals surface area (Å²) in [7, 11) is 0. The van der Waals surface area contributed by atoms with Crippen molar-refractivity contribution in [2.24, 2.45) is 0 Å². The molecule has 0 bridgehead atoms. The maximum atomic E-state index is 12.8. The van der Waals surface area contributed by atoms with Gasteiger partial charge in [0.1, 0.15) is 6.04 Å². The Labute approximate surface area is 181 Å². The van der Waals surface area contributed by atoms with Crippen LogP contribution in [0.4, 0.5) is 14.5 Å². The molecule has 0 saturated carbocycles. The van der Waals surface area contributed by atoms with Gasteiger partial charge in [0, 0.05) is 36.1 Å². The molecule has 162 valence electrons. The number of thioether (sulfide) groups is 1. The molecule has 4 rings (SSSR count). The summed E-state index contributed by atoms with van der Waals surface area (Å²) >= 11 is 1.50. The maximum Gasteiger partial charge on any atom is 0.345 e. The number of nitriles is 1. The van der Waals surface area contributed by atoms with Crippen LogP contribution in [0.1, 0.15) is 10.4 Å². The molecule has 0 aliphatic carbocycles. The molecule has 8 nitrogen and oxygen atoms in total. The van der Waals surface area contributed by atoms with Gasteiger partial charge in [-0.25, -0.2) is 0 Å². The third-order valence-corrected chi connectivity index (χ3v) is 6.24. The van der Waals surface area contributed by atoms with E-state index in [0.717, 1.165) is 5.69 Å². The number of ether oxygens (including phenoxy) is 1. The minimum atomic E-state index is -2.80. The minimum Gasteiger partial charge on any atom is -0.366 e. The highest BCUT2D eigenvalue weighted by Crippen LogP contribution is 2.28. The smallest absolute Gasteiger partial charge is 0.345 e. The number of benzene rings is 1. The molecule has 1 atom stereocenters. The van der Waals surface area contributed by atoms with Crippen molar-refractivity contribution in [2.75, 3.05) is 36.2 Å². The van der Waals surface area contributed by atoms with Gasteiger partial charge in [-0.1, -0.05) is 0 Å². The fourth-order valence-electron chi connectivity index (χ4n) is 3.56. The summed E-state index contributed by atoms with van der Waals surface area (Å²) < 4.78 is 29.1. The number of nitrogens with zero attached hydrogens (tertiary/aromatic N) is 4. The molecule has 1 aromatic heterocycles. The summed E-state index contributed by atoms with van der Waals surface area (Å²) in [6, 6.07) is 8.52. The summed E-state index contributed by atoms with van der Waals surface area (Å²) in [6.45, 7) is -2.34. The van der Waals surface area contributed by atoms with E-state index in [1.807, 2.05) is 11.0 Å². The van der Waals surface area contributed by atoms with Crippen LogP contribution in [0.5, 0.6) is 0 Å². The number of hydrogen-bond acceptors (Lipinski definition) is 7. The lowest BCUT2D eigenvalue weighted by Gasteiger charge is -2.40. The van der Waals surface area contributed by atoms with Gasteiger partial charge >= 0.3 is 6.61 Å². The number of pyridine rings is 1. The zero-order valence-electron chi connectivity index (χ0n) is 16.3. The number of hydrogen-bond donors (Lipinski definition) is 1. The van der Waals surface area contributed by atoms with Crippen molar-refractivity contribution < 1.29 is 23.1 Å². The van der Waals surface area contributed by atoms with E-state index in [4.69, 9.17) is 5.26 Å². The number of aromatic nitrogens is 1. The van der Waals surface area contributed by atoms with Crippen molar-refractivity contribution in [3.8, 4) is 6.07 Å². The van der Waals surface area contributed by atoms with Gasteiger partial charge in [-0.2, -0.15) is 14.0 Å². The van der Waals surface area contributed by atoms with Gasteiger partial charge in [-0.3, -0.25) is 14.6 Å². The molecule has 1 unspecified atom stereocenters. The van der Waals surface area contributed by atoms with E-state index in [1.165, 1.54) is 22.9 Å². The van der Waals surface area contributed by atoms with Crippen LogP contribution in [-0.2, 0) is 9.53 Å². The van der Waals surface area contributed by atoms with E-state index >= 15 is 0 Å². The van der Waals surface area contributed by atoms with Crippen LogP contribution in [-0.4, -0.2) is 71.7 Å². The number of anilines is 1. The van der Waals surface area contributed by atoms with Crippen molar-refractivity contribution in [1.29, 1.82) is 5.26 Å². The van der Waals surface area contributed by atoms with Crippen LogP contribution in [0.15, 0.2) is 30.5 Å². The lowest BCUT2D eigenvalue weighted by atomic mass is 10.0. The number of rotatable bonds is 6. The molecule has 2 saturated heterocycles. The van der Waals surface area contributed by atoms with E-state index in [-0.39, 0.29) is 12.5 Å². The number of nitrogens with one attached hydrogen (secondary N) is 1. The van der Waals surface area contributed by atoms with Crippen molar-refractivity contribution in [1.82, 2.24) is 15.2 Å². The van der Waals surface area contributed by atoms with E-state index in [0.29, 0.717) is 41.2 Å². The molecule has 2 amide bonds. The maximum absolute atomic E-state index is 12.8. The Kier molecular flexibility index (Phi) is 6.20. The first-order valence-electron chi connectivity index (χ1n) is 9.58. The predicted octanol–water partition coefficient (Wildman–Crippen LogP) is 1.82. The summed E-state index contributed by atoms with van der Waals surface area (Å²) in [5, 5.41) is 12.3. The molecule has 2 aliphatic heterocycles. The van der Waals surface area contributed by atoms with Gasteiger partial charge in [-0.05, 0) is 24.3 Å². The summed E-state index contributed by atoms with van der Waals surface area (Å²) in [5.41, 5.74) is 1.72. The van der Waals surface area contributed by atoms with Crippen molar-refractivity contribution >= 4 is 40.2 Å². The largest absolute Gasteiger partial charge is 0.366 e. The molecule has 2 aromatic rings. The van der Waals surface area contributed by atoms with Crippen LogP contribution in [0, 0.1) is 11.3 Å². The molecule has 3 heterocycles. The topological polar surface area (TPSA) is 98.6 Å². The average molecular weight is 447 g/mol. The third kappa shape index (κ3) is 4.55. The molecule has 11 heteroatoms. The first kappa shape index (κ1) is 21.3. The first-order valence-corrected chi connectivity index (χ1v) is 10.7. The average Bonchev–Trinajstić information content (AvgIpc) is 3.22. The number of carbonyl (C=O) groups excluding carboxylic acids is 2. The van der Waals surface area contributed by atoms with Gasteiger partial charge in [0.15, 0.2) is 0 Å². The monoisotopic (exact) mass is 447 g/mol. The lowest BCUT2D eigenvalue weighted by Crippen LogP contribution is -2.52. The highest BCUT2D eigenvalue weighted by molar-refractivity contribution is 7.99. The number of halogens is 2. The SMILES string of the molecule is N#CC1CSCN1C(=O)CNC(=O)c1ccnc2ccc(N3CC(OC(F)F)C3)cc12. The van der Waals surface area contributed by atoms with Crippen LogP contribution in [0.3, 0.4) is 0 Å². The number of amides is 2. The zero-order chi connectivity index (χ0) is 22.0. The molecular formula is C20H19F2N5O3S. The molecule has 0 radical (unpaired) electrons. The summed E-state index contributed by atoms with van der Waals surface area (Å²) in [4.78, 5) is 32.7. The Morgan fingerprint density at radius 1 is 1.35 bits per heavy atom. The van der Waals surface area contributed by atoms with Gasteiger partial charge in [-0.15, -0.1) is 11.8 Å². The third-order valence-electron chi connectivity index (χ3n) is 5.23. The number of fused-ring (bicyclic) bond motifs is 1. The highest BCUT2D eigenvalue weighted by atomic mass is 32.2. The summed E-state index contributed by atoms with van der Waals surface area (Å²) in [5.74, 6) is 0.254. The number of carbonyl (C=O) groups is 2. The zero-order valence-corrected chi connectivity index (χ0v) is 17.1. The quantitative estimate of drug-likeness (QED) is 0.721. The van der Waals surface area contributed by atoms with E-state index in [9.17, 15) is 18.4 Å². The van der Waals surface area contributed by atoms with Crippen molar-refractivity contribution in [3.05, 3.63) is 36.0 Å². The second-order valence-corrected chi connectivity index (χ2v) is 8.17. The van der Waals surface area contributed by atoms with Crippen molar-refractivity contribution in [3.63, 3.8) is 0 Å². The fraction of sp³-hybridized carbons (Fsp3) is 0.400. The molecule has 2 fully saturated rings. The highest BCUT2D eigenvalue weighted by Gasteiger charge is 2.31. The van der Waals surface area contributed by atoms with Crippen LogP contribution >= 0.6 is 11.8 Å². The Morgan fingerprint density at radius 2 is 2.16 bits per heavy atom. The Hall–Kier alpha value is -2.97. The normalized spacial score (nSPS) is 18.8. The first-order chi connectivity index (χ1) is 15.0. The number of alkyl halides is 2. The summed E-state index contributed by atoms with van der Waals surface area (Å²) in [6.07, 6.45) is 0.983. The Bertz CT molecular complexity index is 1040. The molecule has 1 aromatic carbocycles. The van der Waals surface area contributed by atoms with E-state index in [2.05, 4.69) is 21.1 Å². The predicted molar refractivity (Wildman–Crippen MR) is 111 cm³/mol. The Balaban J connectivity index is 1.45. The Morgan fingerprint density at radius 3 is 2.90 bits per heavy atom. The van der Waals surface area contributed by atoms with E-state index < -0.39 is 24.7 Å². The van der Waals surface area contributed by atoms with Gasteiger partial charge < -0.3 is 19.9 Å². The second-order valence-electron chi connectivity index (χ2n) is 7.17. The van der Waals surface area contributed by atoms with Gasteiger partial charge in [0.05, 0.1) is 35.7 Å². The molecule has 1 N–H and O–H groups in total. The lowest BCUT2D eigenvalue weighted by molar-refractivity contribution is -0.167. The minimum absolute atomic E-state index is 0.208.